The Balaban J connectivity index is 2.09. The molecule has 1 aromatic rings. The molecule has 0 fully saturated rings. The van der Waals surface area contributed by atoms with E-state index in [1.54, 1.807) is 0 Å². The summed E-state index contributed by atoms with van der Waals surface area (Å²) >= 11 is 3.49. The maximum atomic E-state index is 6.11. The SMILES string of the molecule is CC(C)CC(N)Cc1cc(Br)c2c(c1)OCO2. The molecular weight excluding hydrogens is 282 g/mol. The Bertz CT molecular complexity index is 407. The van der Waals surface area contributed by atoms with Gasteiger partial charge in [0.15, 0.2) is 11.5 Å². The van der Waals surface area contributed by atoms with Crippen molar-refractivity contribution >= 4 is 15.9 Å². The monoisotopic (exact) mass is 299 g/mol. The first-order chi connectivity index (χ1) is 8.06. The fourth-order valence-corrected chi connectivity index (χ4v) is 2.73. The summed E-state index contributed by atoms with van der Waals surface area (Å²) in [4.78, 5) is 0. The van der Waals surface area contributed by atoms with Crippen molar-refractivity contribution in [3.8, 4) is 11.5 Å². The quantitative estimate of drug-likeness (QED) is 0.929. The second-order valence-electron chi connectivity index (χ2n) is 4.91. The lowest BCUT2D eigenvalue weighted by Gasteiger charge is -2.14. The van der Waals surface area contributed by atoms with Crippen LogP contribution < -0.4 is 15.2 Å². The summed E-state index contributed by atoms with van der Waals surface area (Å²) in [5.41, 5.74) is 7.30. The van der Waals surface area contributed by atoms with Gasteiger partial charge in [0.1, 0.15) is 0 Å². The average molecular weight is 300 g/mol. The molecule has 94 valence electrons. The van der Waals surface area contributed by atoms with E-state index in [9.17, 15) is 0 Å². The van der Waals surface area contributed by atoms with Crippen molar-refractivity contribution in [2.24, 2.45) is 11.7 Å². The van der Waals surface area contributed by atoms with Gasteiger partial charge in [-0.15, -0.1) is 0 Å². The van der Waals surface area contributed by atoms with Gasteiger partial charge in [-0.1, -0.05) is 13.8 Å². The van der Waals surface area contributed by atoms with Crippen molar-refractivity contribution in [1.29, 1.82) is 0 Å². The highest BCUT2D eigenvalue weighted by atomic mass is 79.9. The van der Waals surface area contributed by atoms with Crippen LogP contribution in [0.1, 0.15) is 25.8 Å². The first kappa shape index (κ1) is 12.7. The van der Waals surface area contributed by atoms with Gasteiger partial charge in [0.05, 0.1) is 4.47 Å². The van der Waals surface area contributed by atoms with E-state index in [0.717, 1.165) is 28.8 Å². The van der Waals surface area contributed by atoms with Crippen molar-refractivity contribution in [3.63, 3.8) is 0 Å². The molecule has 2 rings (SSSR count). The molecule has 0 bridgehead atoms. The predicted molar refractivity (Wildman–Crippen MR) is 71.4 cm³/mol. The highest BCUT2D eigenvalue weighted by Gasteiger charge is 2.18. The number of rotatable bonds is 4. The van der Waals surface area contributed by atoms with Crippen LogP contribution in [0.2, 0.25) is 0 Å². The summed E-state index contributed by atoms with van der Waals surface area (Å²) in [6.45, 7) is 4.68. The second kappa shape index (κ2) is 5.27. The first-order valence-electron chi connectivity index (χ1n) is 5.90. The fourth-order valence-electron chi connectivity index (χ4n) is 2.13. The van der Waals surface area contributed by atoms with Crippen molar-refractivity contribution in [3.05, 3.63) is 22.2 Å². The van der Waals surface area contributed by atoms with Crippen LogP contribution in [0.4, 0.5) is 0 Å². The zero-order chi connectivity index (χ0) is 12.4. The first-order valence-corrected chi connectivity index (χ1v) is 6.69. The Morgan fingerprint density at radius 1 is 1.35 bits per heavy atom. The molecule has 1 unspecified atom stereocenters. The molecule has 0 radical (unpaired) electrons. The Labute approximate surface area is 110 Å². The number of fused-ring (bicyclic) bond motifs is 1. The molecule has 17 heavy (non-hydrogen) atoms. The lowest BCUT2D eigenvalue weighted by Crippen LogP contribution is -2.24. The van der Waals surface area contributed by atoms with Gasteiger partial charge < -0.3 is 15.2 Å². The molecule has 0 saturated carbocycles. The van der Waals surface area contributed by atoms with Crippen LogP contribution >= 0.6 is 15.9 Å². The van der Waals surface area contributed by atoms with E-state index >= 15 is 0 Å². The number of halogens is 1. The van der Waals surface area contributed by atoms with Gasteiger partial charge in [-0.05, 0) is 52.4 Å². The normalized spacial score (nSPS) is 15.4. The van der Waals surface area contributed by atoms with Gasteiger partial charge in [0.2, 0.25) is 6.79 Å². The van der Waals surface area contributed by atoms with Gasteiger partial charge in [0, 0.05) is 6.04 Å². The molecule has 0 saturated heterocycles. The zero-order valence-corrected chi connectivity index (χ0v) is 11.8. The third-order valence-corrected chi connectivity index (χ3v) is 3.35. The Kier molecular flexibility index (Phi) is 3.94. The Morgan fingerprint density at radius 2 is 2.12 bits per heavy atom. The molecular formula is C13H18BrNO2. The van der Waals surface area contributed by atoms with Gasteiger partial charge in [-0.2, -0.15) is 0 Å². The van der Waals surface area contributed by atoms with Gasteiger partial charge in [-0.3, -0.25) is 0 Å². The van der Waals surface area contributed by atoms with Crippen LogP contribution in [0.25, 0.3) is 0 Å². The van der Waals surface area contributed by atoms with Crippen molar-refractivity contribution in [2.45, 2.75) is 32.7 Å². The van der Waals surface area contributed by atoms with Crippen molar-refractivity contribution < 1.29 is 9.47 Å². The number of hydrogen-bond donors (Lipinski definition) is 1. The van der Waals surface area contributed by atoms with E-state index < -0.39 is 0 Å². The van der Waals surface area contributed by atoms with Crippen LogP contribution in [-0.2, 0) is 6.42 Å². The van der Waals surface area contributed by atoms with Crippen LogP contribution in [0.15, 0.2) is 16.6 Å². The van der Waals surface area contributed by atoms with E-state index in [-0.39, 0.29) is 6.04 Å². The second-order valence-corrected chi connectivity index (χ2v) is 5.76. The maximum absolute atomic E-state index is 6.11. The molecule has 4 heteroatoms. The van der Waals surface area contributed by atoms with Crippen LogP contribution in [0.3, 0.4) is 0 Å². The lowest BCUT2D eigenvalue weighted by molar-refractivity contribution is 0.173. The zero-order valence-electron chi connectivity index (χ0n) is 10.2. The summed E-state index contributed by atoms with van der Waals surface area (Å²) in [6.07, 6.45) is 1.90. The summed E-state index contributed by atoms with van der Waals surface area (Å²) in [5.74, 6) is 2.24. The highest BCUT2D eigenvalue weighted by molar-refractivity contribution is 9.10. The third-order valence-electron chi connectivity index (χ3n) is 2.76. The minimum atomic E-state index is 0.197. The minimum absolute atomic E-state index is 0.197. The fraction of sp³-hybridized carbons (Fsp3) is 0.538. The third kappa shape index (κ3) is 3.13. The van der Waals surface area contributed by atoms with Crippen molar-refractivity contribution in [2.75, 3.05) is 6.79 Å². The lowest BCUT2D eigenvalue weighted by atomic mass is 9.98. The summed E-state index contributed by atoms with van der Waals surface area (Å²) < 4.78 is 11.7. The van der Waals surface area contributed by atoms with E-state index in [1.165, 1.54) is 5.56 Å². The van der Waals surface area contributed by atoms with Crippen LogP contribution in [0.5, 0.6) is 11.5 Å². The largest absolute Gasteiger partial charge is 0.454 e. The molecule has 0 amide bonds. The summed E-state index contributed by atoms with van der Waals surface area (Å²) in [5, 5.41) is 0. The molecule has 1 atom stereocenters. The highest BCUT2D eigenvalue weighted by Crippen LogP contribution is 2.40. The Morgan fingerprint density at radius 3 is 2.82 bits per heavy atom. The number of benzene rings is 1. The predicted octanol–water partition coefficient (Wildman–Crippen LogP) is 3.09. The Hall–Kier alpha value is -0.740. The van der Waals surface area contributed by atoms with Crippen LogP contribution in [-0.4, -0.2) is 12.8 Å². The van der Waals surface area contributed by atoms with Gasteiger partial charge >= 0.3 is 0 Å². The molecule has 1 aliphatic rings. The molecule has 1 aromatic carbocycles. The van der Waals surface area contributed by atoms with E-state index in [2.05, 4.69) is 35.8 Å². The molecule has 0 aromatic heterocycles. The smallest absolute Gasteiger partial charge is 0.231 e. The van der Waals surface area contributed by atoms with Gasteiger partial charge in [-0.25, -0.2) is 0 Å². The summed E-state index contributed by atoms with van der Waals surface area (Å²) in [7, 11) is 0. The van der Waals surface area contributed by atoms with Crippen LogP contribution in [0, 0.1) is 5.92 Å². The molecule has 1 heterocycles. The van der Waals surface area contributed by atoms with Crippen molar-refractivity contribution in [1.82, 2.24) is 0 Å². The average Bonchev–Trinajstić information content (AvgIpc) is 2.64. The molecule has 2 N–H and O–H groups in total. The van der Waals surface area contributed by atoms with Gasteiger partial charge in [0.25, 0.3) is 0 Å². The van der Waals surface area contributed by atoms with E-state index in [1.807, 2.05) is 6.07 Å². The molecule has 1 aliphatic heterocycles. The summed E-state index contributed by atoms with van der Waals surface area (Å²) in [6, 6.07) is 4.28. The minimum Gasteiger partial charge on any atom is -0.454 e. The number of hydrogen-bond acceptors (Lipinski definition) is 3. The molecule has 0 spiro atoms. The number of ether oxygens (including phenoxy) is 2. The molecule has 3 nitrogen and oxygen atoms in total. The standard InChI is InChI=1S/C13H18BrNO2/c1-8(2)3-10(15)4-9-5-11(14)13-12(6-9)16-7-17-13/h5-6,8,10H,3-4,7,15H2,1-2H3. The molecule has 0 aliphatic carbocycles. The van der Waals surface area contributed by atoms with E-state index in [4.69, 9.17) is 15.2 Å². The van der Waals surface area contributed by atoms with E-state index in [0.29, 0.717) is 12.7 Å². The topological polar surface area (TPSA) is 44.5 Å². The maximum Gasteiger partial charge on any atom is 0.231 e. The number of nitrogens with two attached hydrogens (primary N) is 1.